The zero-order valence-electron chi connectivity index (χ0n) is 16.1. The summed E-state index contributed by atoms with van der Waals surface area (Å²) in [5.41, 5.74) is -0.841. The van der Waals surface area contributed by atoms with Gasteiger partial charge >= 0.3 is 29.8 Å². The van der Waals surface area contributed by atoms with Crippen molar-refractivity contribution in [2.75, 3.05) is 19.8 Å². The van der Waals surface area contributed by atoms with Crippen LogP contribution in [-0.2, 0) is 47.7 Å². The Labute approximate surface area is 161 Å². The molecule has 0 saturated carbocycles. The standard InChI is InChI=1S/C18H24O10/c1-4-18(2,3)17(23)28-13-10(5-7-25-16(13)22)14(20)26-9-12(19)27-11-6-8-24-15(11)21/h10-11,13H,4-9H2,1-3H3. The van der Waals surface area contributed by atoms with Crippen molar-refractivity contribution in [1.29, 1.82) is 0 Å². The fraction of sp³-hybridized carbons (Fsp3) is 0.722. The van der Waals surface area contributed by atoms with Crippen LogP contribution in [-0.4, -0.2) is 61.9 Å². The summed E-state index contributed by atoms with van der Waals surface area (Å²) >= 11 is 0. The molecular formula is C18H24O10. The first-order valence-electron chi connectivity index (χ1n) is 9.06. The van der Waals surface area contributed by atoms with Gasteiger partial charge < -0.3 is 23.7 Å². The summed E-state index contributed by atoms with van der Waals surface area (Å²) in [4.78, 5) is 59.6. The Balaban J connectivity index is 1.93. The zero-order chi connectivity index (χ0) is 20.9. The van der Waals surface area contributed by atoms with Crippen molar-refractivity contribution in [1.82, 2.24) is 0 Å². The van der Waals surface area contributed by atoms with E-state index in [1.165, 1.54) is 0 Å². The minimum Gasteiger partial charge on any atom is -0.463 e. The van der Waals surface area contributed by atoms with Gasteiger partial charge in [-0.3, -0.25) is 9.59 Å². The van der Waals surface area contributed by atoms with E-state index < -0.39 is 60.0 Å². The van der Waals surface area contributed by atoms with Gasteiger partial charge in [0, 0.05) is 6.42 Å². The first kappa shape index (κ1) is 21.6. The third-order valence-corrected chi connectivity index (χ3v) is 4.74. The largest absolute Gasteiger partial charge is 0.463 e. The monoisotopic (exact) mass is 400 g/mol. The summed E-state index contributed by atoms with van der Waals surface area (Å²) in [7, 11) is 0. The first-order valence-corrected chi connectivity index (χ1v) is 9.06. The van der Waals surface area contributed by atoms with Gasteiger partial charge in [0.15, 0.2) is 6.61 Å². The van der Waals surface area contributed by atoms with Gasteiger partial charge in [-0.15, -0.1) is 0 Å². The molecule has 2 fully saturated rings. The summed E-state index contributed by atoms with van der Waals surface area (Å²) < 4.78 is 24.5. The molecular weight excluding hydrogens is 376 g/mol. The number of rotatable bonds is 7. The van der Waals surface area contributed by atoms with E-state index >= 15 is 0 Å². The normalized spacial score (nSPS) is 24.8. The highest BCUT2D eigenvalue weighted by molar-refractivity contribution is 5.89. The number of ether oxygens (including phenoxy) is 5. The predicted octanol–water partition coefficient (Wildman–Crippen LogP) is 0.299. The number of esters is 5. The van der Waals surface area contributed by atoms with E-state index in [9.17, 15) is 24.0 Å². The lowest BCUT2D eigenvalue weighted by molar-refractivity contribution is -0.190. The molecule has 3 unspecified atom stereocenters. The molecule has 0 amide bonds. The summed E-state index contributed by atoms with van der Waals surface area (Å²) in [6.07, 6.45) is -1.67. The Morgan fingerprint density at radius 3 is 2.29 bits per heavy atom. The lowest BCUT2D eigenvalue weighted by Crippen LogP contribution is -2.47. The number of hydrogen-bond acceptors (Lipinski definition) is 10. The quantitative estimate of drug-likeness (QED) is 0.434. The van der Waals surface area contributed by atoms with Crippen LogP contribution in [0.15, 0.2) is 0 Å². The second kappa shape index (κ2) is 9.03. The van der Waals surface area contributed by atoms with E-state index in [4.69, 9.17) is 18.9 Å². The van der Waals surface area contributed by atoms with Crippen LogP contribution >= 0.6 is 0 Å². The van der Waals surface area contributed by atoms with E-state index in [1.807, 2.05) is 0 Å². The maximum Gasteiger partial charge on any atom is 0.348 e. The highest BCUT2D eigenvalue weighted by Crippen LogP contribution is 2.27. The molecule has 0 aromatic rings. The first-order chi connectivity index (χ1) is 13.2. The van der Waals surface area contributed by atoms with Crippen LogP contribution in [0.25, 0.3) is 0 Å². The fourth-order valence-corrected chi connectivity index (χ4v) is 2.49. The molecule has 2 rings (SSSR count). The van der Waals surface area contributed by atoms with Gasteiger partial charge in [0.2, 0.25) is 12.2 Å². The van der Waals surface area contributed by atoms with E-state index in [2.05, 4.69) is 4.74 Å². The van der Waals surface area contributed by atoms with Gasteiger partial charge in [-0.2, -0.15) is 0 Å². The van der Waals surface area contributed by atoms with Crippen LogP contribution in [0.5, 0.6) is 0 Å². The lowest BCUT2D eigenvalue weighted by Gasteiger charge is -2.30. The minimum atomic E-state index is -1.44. The SMILES string of the molecule is CCC(C)(C)C(=O)OC1C(=O)OCCC1C(=O)OCC(=O)OC1CCOC1=O. The summed E-state index contributed by atoms with van der Waals surface area (Å²) in [5.74, 6) is -5.05. The van der Waals surface area contributed by atoms with Gasteiger partial charge in [0.25, 0.3) is 0 Å². The Hall–Kier alpha value is -2.65. The highest BCUT2D eigenvalue weighted by Gasteiger charge is 2.44. The Bertz CT molecular complexity index is 653. The van der Waals surface area contributed by atoms with Crippen LogP contribution in [0.4, 0.5) is 0 Å². The molecule has 3 atom stereocenters. The lowest BCUT2D eigenvalue weighted by atomic mass is 9.90. The Morgan fingerprint density at radius 1 is 1.04 bits per heavy atom. The molecule has 2 saturated heterocycles. The topological polar surface area (TPSA) is 132 Å². The van der Waals surface area contributed by atoms with Crippen molar-refractivity contribution in [3.8, 4) is 0 Å². The number of carbonyl (C=O) groups is 5. The summed E-state index contributed by atoms with van der Waals surface area (Å²) in [6.45, 7) is 4.47. The third kappa shape index (κ3) is 5.20. The summed E-state index contributed by atoms with van der Waals surface area (Å²) in [5, 5.41) is 0. The van der Waals surface area contributed by atoms with Crippen molar-refractivity contribution in [2.24, 2.45) is 11.3 Å². The van der Waals surface area contributed by atoms with E-state index in [-0.39, 0.29) is 26.1 Å². The van der Waals surface area contributed by atoms with Crippen molar-refractivity contribution in [3.05, 3.63) is 0 Å². The van der Waals surface area contributed by atoms with Crippen LogP contribution in [0.2, 0.25) is 0 Å². The summed E-state index contributed by atoms with van der Waals surface area (Å²) in [6, 6.07) is 0. The van der Waals surface area contributed by atoms with Gasteiger partial charge in [-0.25, -0.2) is 14.4 Å². The molecule has 10 heteroatoms. The van der Waals surface area contributed by atoms with E-state index in [1.54, 1.807) is 20.8 Å². The number of hydrogen-bond donors (Lipinski definition) is 0. The smallest absolute Gasteiger partial charge is 0.348 e. The molecule has 0 N–H and O–H groups in total. The van der Waals surface area contributed by atoms with Gasteiger partial charge in [-0.05, 0) is 26.7 Å². The molecule has 0 spiro atoms. The molecule has 2 heterocycles. The van der Waals surface area contributed by atoms with Crippen molar-refractivity contribution >= 4 is 29.8 Å². The van der Waals surface area contributed by atoms with Crippen LogP contribution < -0.4 is 0 Å². The van der Waals surface area contributed by atoms with E-state index in [0.29, 0.717) is 6.42 Å². The fourth-order valence-electron chi connectivity index (χ4n) is 2.49. The molecule has 0 aromatic carbocycles. The van der Waals surface area contributed by atoms with Gasteiger partial charge in [0.1, 0.15) is 5.92 Å². The molecule has 28 heavy (non-hydrogen) atoms. The molecule has 0 aromatic heterocycles. The molecule has 0 aliphatic carbocycles. The minimum absolute atomic E-state index is 0.0395. The predicted molar refractivity (Wildman–Crippen MR) is 89.4 cm³/mol. The second-order valence-corrected chi connectivity index (χ2v) is 7.17. The average molecular weight is 400 g/mol. The molecule has 156 valence electrons. The maximum absolute atomic E-state index is 12.3. The molecule has 10 nitrogen and oxygen atoms in total. The van der Waals surface area contributed by atoms with Crippen molar-refractivity contribution < 1.29 is 47.7 Å². The van der Waals surface area contributed by atoms with Crippen LogP contribution in [0.3, 0.4) is 0 Å². The van der Waals surface area contributed by atoms with Crippen LogP contribution in [0, 0.1) is 11.3 Å². The van der Waals surface area contributed by atoms with Crippen molar-refractivity contribution in [3.63, 3.8) is 0 Å². The zero-order valence-corrected chi connectivity index (χ0v) is 16.1. The molecule has 0 bridgehead atoms. The number of cyclic esters (lactones) is 2. The Kier molecular flexibility index (Phi) is 6.98. The van der Waals surface area contributed by atoms with E-state index in [0.717, 1.165) is 0 Å². The Morgan fingerprint density at radius 2 is 1.68 bits per heavy atom. The molecule has 0 radical (unpaired) electrons. The highest BCUT2D eigenvalue weighted by atomic mass is 16.6. The van der Waals surface area contributed by atoms with Gasteiger partial charge in [-0.1, -0.05) is 6.92 Å². The van der Waals surface area contributed by atoms with Gasteiger partial charge in [0.05, 0.1) is 18.6 Å². The van der Waals surface area contributed by atoms with Crippen LogP contribution in [0.1, 0.15) is 40.0 Å². The third-order valence-electron chi connectivity index (χ3n) is 4.74. The maximum atomic E-state index is 12.3. The average Bonchev–Trinajstić information content (AvgIpc) is 3.05. The van der Waals surface area contributed by atoms with Crippen molar-refractivity contribution in [2.45, 2.75) is 52.2 Å². The number of carbonyl (C=O) groups excluding carboxylic acids is 5. The second-order valence-electron chi connectivity index (χ2n) is 7.17. The molecule has 2 aliphatic rings. The molecule has 2 aliphatic heterocycles.